The molecule has 0 aliphatic carbocycles. The highest BCUT2D eigenvalue weighted by molar-refractivity contribution is 5.46. The van der Waals surface area contributed by atoms with Crippen LogP contribution in [0, 0.1) is 5.82 Å². The first kappa shape index (κ1) is 26.4. The molecule has 0 bridgehead atoms. The van der Waals surface area contributed by atoms with E-state index in [-0.39, 0.29) is 5.82 Å². The highest BCUT2D eigenvalue weighted by atomic mass is 19.1. The van der Waals surface area contributed by atoms with Gasteiger partial charge in [0.2, 0.25) is 0 Å². The molecular formula is C30H32FNO5. The molecule has 0 amide bonds. The van der Waals surface area contributed by atoms with Gasteiger partial charge in [-0.1, -0.05) is 42.5 Å². The molecule has 7 heteroatoms. The predicted molar refractivity (Wildman–Crippen MR) is 139 cm³/mol. The zero-order valence-electron chi connectivity index (χ0n) is 21.3. The van der Waals surface area contributed by atoms with Crippen molar-refractivity contribution in [2.75, 3.05) is 34.5 Å². The minimum absolute atomic E-state index is 0.251. The highest BCUT2D eigenvalue weighted by Crippen LogP contribution is 2.39. The Balaban J connectivity index is 1.66. The van der Waals surface area contributed by atoms with Crippen molar-refractivity contribution in [3.8, 4) is 11.5 Å². The van der Waals surface area contributed by atoms with Gasteiger partial charge in [-0.25, -0.2) is 4.39 Å². The molecule has 0 fully saturated rings. The topological polar surface area (TPSA) is 64.3 Å². The maximum atomic E-state index is 14.3. The summed E-state index contributed by atoms with van der Waals surface area (Å²) in [4.78, 5) is 2.05. The third-order valence-corrected chi connectivity index (χ3v) is 6.38. The molecule has 0 saturated heterocycles. The van der Waals surface area contributed by atoms with Gasteiger partial charge in [-0.2, -0.15) is 0 Å². The normalized spacial score (nSPS) is 11.6. The molecule has 0 aliphatic heterocycles. The zero-order chi connectivity index (χ0) is 26.3. The summed E-state index contributed by atoms with van der Waals surface area (Å²) >= 11 is 0. The van der Waals surface area contributed by atoms with Gasteiger partial charge in [0.25, 0.3) is 0 Å². The molecule has 0 spiro atoms. The summed E-state index contributed by atoms with van der Waals surface area (Å²) in [6.07, 6.45) is 0. The number of nitrogens with zero attached hydrogens (tertiary/aromatic N) is 1. The maximum absolute atomic E-state index is 14.3. The van der Waals surface area contributed by atoms with Gasteiger partial charge in [0.1, 0.15) is 28.8 Å². The number of methoxy groups -OCH3 is 3. The van der Waals surface area contributed by atoms with Crippen LogP contribution < -0.4 is 9.47 Å². The van der Waals surface area contributed by atoms with Crippen LogP contribution in [-0.4, -0.2) is 44.5 Å². The molecule has 0 unspecified atom stereocenters. The van der Waals surface area contributed by atoms with Gasteiger partial charge in [0, 0.05) is 25.8 Å². The Kier molecular flexibility index (Phi) is 8.61. The fraction of sp³-hybridized carbons (Fsp3) is 0.267. The van der Waals surface area contributed by atoms with Crippen molar-refractivity contribution >= 4 is 0 Å². The third kappa shape index (κ3) is 6.02. The molecule has 1 heterocycles. The number of hydrogen-bond acceptors (Lipinski definition) is 6. The number of benzene rings is 3. The molecule has 1 N–H and O–H groups in total. The van der Waals surface area contributed by atoms with Crippen molar-refractivity contribution in [2.24, 2.45) is 0 Å². The van der Waals surface area contributed by atoms with E-state index in [0.29, 0.717) is 66.0 Å². The average molecular weight is 506 g/mol. The first-order chi connectivity index (χ1) is 18.0. The summed E-state index contributed by atoms with van der Waals surface area (Å²) in [5, 5.41) is 12.2. The number of halogens is 1. The van der Waals surface area contributed by atoms with Crippen LogP contribution in [0.25, 0.3) is 0 Å². The van der Waals surface area contributed by atoms with Crippen molar-refractivity contribution in [1.82, 2.24) is 4.90 Å². The number of hydrogen-bond donors (Lipinski definition) is 1. The fourth-order valence-corrected chi connectivity index (χ4v) is 4.30. The van der Waals surface area contributed by atoms with Crippen LogP contribution in [0.5, 0.6) is 11.5 Å². The lowest BCUT2D eigenvalue weighted by molar-refractivity contribution is 0.0930. The predicted octanol–water partition coefficient (Wildman–Crippen LogP) is 5.37. The molecule has 0 radical (unpaired) electrons. The Hall–Kier alpha value is -3.65. The average Bonchev–Trinajstić information content (AvgIpc) is 3.41. The summed E-state index contributed by atoms with van der Waals surface area (Å²) in [7, 11) is 4.83. The van der Waals surface area contributed by atoms with E-state index in [2.05, 4.69) is 0 Å². The van der Waals surface area contributed by atoms with Gasteiger partial charge < -0.3 is 23.7 Å². The zero-order valence-corrected chi connectivity index (χ0v) is 21.3. The molecule has 6 nitrogen and oxygen atoms in total. The van der Waals surface area contributed by atoms with E-state index in [1.165, 1.54) is 6.07 Å². The van der Waals surface area contributed by atoms with Crippen LogP contribution in [0.2, 0.25) is 0 Å². The van der Waals surface area contributed by atoms with Gasteiger partial charge in [0.15, 0.2) is 5.60 Å². The number of ether oxygens (including phenoxy) is 3. The van der Waals surface area contributed by atoms with Crippen LogP contribution in [0.15, 0.2) is 89.3 Å². The molecule has 4 rings (SSSR count). The van der Waals surface area contributed by atoms with Crippen molar-refractivity contribution < 1.29 is 28.1 Å². The molecule has 0 aliphatic rings. The number of rotatable bonds is 12. The SMILES string of the molecule is COCCN(Cc1ccc(C(O)(c2ccc(OC)cc2)c2ccc(OC)cc2)o1)Cc1ccccc1F. The first-order valence-electron chi connectivity index (χ1n) is 12.0. The molecule has 4 aromatic rings. The summed E-state index contributed by atoms with van der Waals surface area (Å²) in [6.45, 7) is 1.89. The minimum Gasteiger partial charge on any atom is -0.497 e. The van der Waals surface area contributed by atoms with Crippen molar-refractivity contribution in [3.63, 3.8) is 0 Å². The van der Waals surface area contributed by atoms with Crippen molar-refractivity contribution in [2.45, 2.75) is 18.7 Å². The molecule has 37 heavy (non-hydrogen) atoms. The lowest BCUT2D eigenvalue weighted by atomic mass is 9.84. The van der Waals surface area contributed by atoms with Gasteiger partial charge in [-0.15, -0.1) is 0 Å². The second-order valence-electron chi connectivity index (χ2n) is 8.73. The number of aliphatic hydroxyl groups is 1. The van der Waals surface area contributed by atoms with E-state index in [9.17, 15) is 9.50 Å². The maximum Gasteiger partial charge on any atom is 0.173 e. The van der Waals surface area contributed by atoms with Crippen LogP contribution >= 0.6 is 0 Å². The third-order valence-electron chi connectivity index (χ3n) is 6.38. The Morgan fingerprint density at radius 3 is 1.92 bits per heavy atom. The molecular weight excluding hydrogens is 473 g/mol. The number of furan rings is 1. The molecule has 0 atom stereocenters. The smallest absolute Gasteiger partial charge is 0.173 e. The Morgan fingerprint density at radius 1 is 0.784 bits per heavy atom. The second kappa shape index (κ2) is 12.1. The second-order valence-corrected chi connectivity index (χ2v) is 8.73. The van der Waals surface area contributed by atoms with Gasteiger partial charge in [-0.05, 0) is 53.6 Å². The molecule has 3 aromatic carbocycles. The minimum atomic E-state index is -1.56. The monoisotopic (exact) mass is 505 g/mol. The Labute approximate surface area is 216 Å². The lowest BCUT2D eigenvalue weighted by Gasteiger charge is -2.28. The van der Waals surface area contributed by atoms with E-state index in [1.54, 1.807) is 63.8 Å². The fourth-order valence-electron chi connectivity index (χ4n) is 4.30. The van der Waals surface area contributed by atoms with E-state index in [0.717, 1.165) is 0 Å². The van der Waals surface area contributed by atoms with Crippen LogP contribution in [0.4, 0.5) is 4.39 Å². The Morgan fingerprint density at radius 2 is 1.38 bits per heavy atom. The molecule has 194 valence electrons. The van der Waals surface area contributed by atoms with Gasteiger partial charge in [-0.3, -0.25) is 4.90 Å². The summed E-state index contributed by atoms with van der Waals surface area (Å²) in [5.74, 6) is 2.13. The quantitative estimate of drug-likeness (QED) is 0.279. The van der Waals surface area contributed by atoms with Crippen molar-refractivity contribution in [1.29, 1.82) is 0 Å². The summed E-state index contributed by atoms with van der Waals surface area (Å²) in [5.41, 5.74) is 0.293. The van der Waals surface area contributed by atoms with Crippen molar-refractivity contribution in [3.05, 3.63) is 119 Å². The van der Waals surface area contributed by atoms with E-state index < -0.39 is 5.60 Å². The van der Waals surface area contributed by atoms with Gasteiger partial charge in [0.05, 0.1) is 27.4 Å². The lowest BCUT2D eigenvalue weighted by Crippen LogP contribution is -2.28. The standard InChI is InChI=1S/C30H32FNO5/c1-34-19-18-32(20-22-6-4-5-7-28(22)31)21-27-16-17-29(37-27)30(33,23-8-12-25(35-2)13-9-23)24-10-14-26(36-3)15-11-24/h4-17,33H,18-21H2,1-3H3. The van der Waals surface area contributed by atoms with Crippen LogP contribution in [0.3, 0.4) is 0 Å². The van der Waals surface area contributed by atoms with E-state index in [1.807, 2.05) is 41.3 Å². The van der Waals surface area contributed by atoms with Crippen LogP contribution in [-0.2, 0) is 23.4 Å². The van der Waals surface area contributed by atoms with Gasteiger partial charge >= 0.3 is 0 Å². The largest absolute Gasteiger partial charge is 0.497 e. The first-order valence-corrected chi connectivity index (χ1v) is 12.0. The highest BCUT2D eigenvalue weighted by Gasteiger charge is 2.37. The van der Waals surface area contributed by atoms with E-state index in [4.69, 9.17) is 18.6 Å². The summed E-state index contributed by atoms with van der Waals surface area (Å²) in [6, 6.07) is 24.8. The molecule has 1 aromatic heterocycles. The summed E-state index contributed by atoms with van der Waals surface area (Å²) < 4.78 is 36.4. The molecule has 0 saturated carbocycles. The van der Waals surface area contributed by atoms with E-state index >= 15 is 0 Å². The van der Waals surface area contributed by atoms with Crippen LogP contribution in [0.1, 0.15) is 28.2 Å². The Bertz CT molecular complexity index is 1220.